The van der Waals surface area contributed by atoms with Crippen LogP contribution in [-0.2, 0) is 0 Å². The van der Waals surface area contributed by atoms with Crippen LogP contribution in [0.2, 0.25) is 0 Å². The number of hydrogen-bond acceptors (Lipinski definition) is 0. The molecule has 1 N–H and O–H groups in total. The number of para-hydroxylation sites is 1. The summed E-state index contributed by atoms with van der Waals surface area (Å²) in [5, 5.41) is 2.14. The van der Waals surface area contributed by atoms with Gasteiger partial charge in [-0.2, -0.15) is 0 Å². The predicted octanol–water partition coefficient (Wildman–Crippen LogP) is -2.29. The van der Waals surface area contributed by atoms with E-state index in [0.29, 0.717) is 14.5 Å². The first kappa shape index (κ1) is 7.99. The number of H-pyrrole nitrogens is 1. The average molecular weight is 263 g/mol. The van der Waals surface area contributed by atoms with Crippen LogP contribution in [0, 0.1) is 0 Å². The molecule has 0 aliphatic rings. The van der Waals surface area contributed by atoms with E-state index in [1.54, 1.807) is 0 Å². The first-order chi connectivity index (χ1) is 4.47. The van der Waals surface area contributed by atoms with Gasteiger partial charge in [0.05, 0.1) is 0 Å². The molecule has 0 aliphatic carbocycles. The zero-order valence-electron chi connectivity index (χ0n) is 5.17. The molecule has 1 heterocycles. The molecule has 10 heavy (non-hydrogen) atoms. The Kier molecular flexibility index (Phi) is 2.66. The number of aromatic nitrogens is 1. The van der Waals surface area contributed by atoms with Gasteiger partial charge in [0, 0.05) is 0 Å². The third-order valence-corrected chi connectivity index (χ3v) is 3.06. The number of halogens is 1. The van der Waals surface area contributed by atoms with Gasteiger partial charge < -0.3 is 17.0 Å². The van der Waals surface area contributed by atoms with Crippen LogP contribution < -0.4 is 22.0 Å². The van der Waals surface area contributed by atoms with Crippen molar-refractivity contribution in [1.29, 1.82) is 0 Å². The van der Waals surface area contributed by atoms with E-state index in [-0.39, 0.29) is 17.0 Å². The normalized spacial score (nSPS) is 9.20. The summed E-state index contributed by atoms with van der Waals surface area (Å²) in [5.74, 6) is 0. The van der Waals surface area contributed by atoms with Crippen LogP contribution in [0.25, 0.3) is 9.78 Å². The van der Waals surface area contributed by atoms with E-state index in [4.69, 9.17) is 0 Å². The van der Waals surface area contributed by atoms with Gasteiger partial charge in [-0.3, -0.25) is 0 Å². The van der Waals surface area contributed by atoms with Crippen molar-refractivity contribution in [3.63, 3.8) is 0 Å². The van der Waals surface area contributed by atoms with Gasteiger partial charge in [-0.15, -0.1) is 0 Å². The zero-order valence-corrected chi connectivity index (χ0v) is 8.47. The van der Waals surface area contributed by atoms with Crippen molar-refractivity contribution in [3.05, 3.63) is 29.3 Å². The van der Waals surface area contributed by atoms with Gasteiger partial charge in [-0.25, -0.2) is 0 Å². The van der Waals surface area contributed by atoms with E-state index in [1.807, 2.05) is 0 Å². The molecule has 2 rings (SSSR count). The summed E-state index contributed by atoms with van der Waals surface area (Å²) in [6.07, 6.45) is 0. The summed E-state index contributed by atoms with van der Waals surface area (Å²) in [6, 6.07) is 8.43. The van der Waals surface area contributed by atoms with Crippen molar-refractivity contribution in [1.82, 2.24) is 0 Å². The van der Waals surface area contributed by atoms with Crippen LogP contribution in [0.15, 0.2) is 29.3 Å². The zero-order chi connectivity index (χ0) is 6.10. The molecule has 0 atom stereocenters. The Morgan fingerprint density at radius 1 is 1.20 bits per heavy atom. The summed E-state index contributed by atoms with van der Waals surface area (Å²) in [7, 11) is 0. The van der Waals surface area contributed by atoms with Gasteiger partial charge >= 0.3 is 58.6 Å². The van der Waals surface area contributed by atoms with Crippen molar-refractivity contribution in [3.8, 4) is 0 Å². The fourth-order valence-corrected chi connectivity index (χ4v) is 2.36. The van der Waals surface area contributed by atoms with E-state index in [1.165, 1.54) is 9.78 Å². The number of nitrogens with one attached hydrogen (secondary N) is 1. The standard InChI is InChI=1S/C7H5NSe.BrH/c1-2-4-7-6(3-1)8-5-9-7;/h1-5H;1H. The predicted molar refractivity (Wildman–Crippen MR) is 37.4 cm³/mol. The molecule has 0 radical (unpaired) electrons. The third-order valence-electron chi connectivity index (χ3n) is 1.29. The molecule has 0 spiro atoms. The maximum atomic E-state index is 3.20. The van der Waals surface area contributed by atoms with Crippen molar-refractivity contribution < 1.29 is 22.0 Å². The second kappa shape index (κ2) is 3.33. The number of rotatable bonds is 0. The van der Waals surface area contributed by atoms with E-state index in [0.717, 1.165) is 0 Å². The molecule has 1 aromatic carbocycles. The quantitative estimate of drug-likeness (QED) is 0.475. The van der Waals surface area contributed by atoms with Gasteiger partial charge in [-0.1, -0.05) is 0 Å². The van der Waals surface area contributed by atoms with Crippen LogP contribution >= 0.6 is 0 Å². The van der Waals surface area contributed by atoms with Gasteiger partial charge in [0.25, 0.3) is 0 Å². The summed E-state index contributed by atoms with van der Waals surface area (Å²) in [6.45, 7) is 0. The number of benzene rings is 1. The fraction of sp³-hybridized carbons (Fsp3) is 0. The SMILES string of the molecule is [Br-].c1ccc2[se]c[nH+]c2c1. The molecule has 0 saturated carbocycles. The topological polar surface area (TPSA) is 14.1 Å². The molecule has 3 heteroatoms. The van der Waals surface area contributed by atoms with Crippen molar-refractivity contribution in [2.75, 3.05) is 0 Å². The van der Waals surface area contributed by atoms with E-state index in [2.05, 4.69) is 34.3 Å². The van der Waals surface area contributed by atoms with Crippen LogP contribution in [0.5, 0.6) is 0 Å². The molecule has 52 valence electrons. The molecule has 2 aromatic rings. The van der Waals surface area contributed by atoms with Crippen molar-refractivity contribution >= 4 is 24.3 Å². The van der Waals surface area contributed by atoms with Gasteiger partial charge in [-0.05, 0) is 0 Å². The summed E-state index contributed by atoms with van der Waals surface area (Å²) in [4.78, 5) is 3.20. The van der Waals surface area contributed by atoms with Gasteiger partial charge in [0.1, 0.15) is 0 Å². The summed E-state index contributed by atoms with van der Waals surface area (Å²) < 4.78 is 1.46. The molecular formula is C7H6BrNSe. The molecule has 0 saturated heterocycles. The van der Waals surface area contributed by atoms with Crippen LogP contribution in [0.4, 0.5) is 0 Å². The second-order valence-electron chi connectivity index (χ2n) is 1.88. The minimum atomic E-state index is 0. The van der Waals surface area contributed by atoms with Crippen LogP contribution in [0.3, 0.4) is 0 Å². The first-order valence-corrected chi connectivity index (χ1v) is 4.65. The van der Waals surface area contributed by atoms with Crippen LogP contribution in [0.1, 0.15) is 0 Å². The molecule has 0 unspecified atom stereocenters. The number of aromatic amines is 1. The van der Waals surface area contributed by atoms with E-state index >= 15 is 0 Å². The van der Waals surface area contributed by atoms with Gasteiger partial charge in [0.15, 0.2) is 0 Å². The molecular weight excluding hydrogens is 257 g/mol. The summed E-state index contributed by atoms with van der Waals surface area (Å²) in [5.41, 5.74) is 1.29. The van der Waals surface area contributed by atoms with Crippen molar-refractivity contribution in [2.45, 2.75) is 0 Å². The summed E-state index contributed by atoms with van der Waals surface area (Å²) >= 11 is 0.566. The Morgan fingerprint density at radius 3 is 2.80 bits per heavy atom. The monoisotopic (exact) mass is 263 g/mol. The van der Waals surface area contributed by atoms with Crippen LogP contribution in [-0.4, -0.2) is 14.5 Å². The molecule has 0 fully saturated rings. The fourth-order valence-electron chi connectivity index (χ4n) is 0.845. The molecule has 1 aromatic heterocycles. The first-order valence-electron chi connectivity index (χ1n) is 2.81. The van der Waals surface area contributed by atoms with Gasteiger partial charge in [0.2, 0.25) is 0 Å². The Labute approximate surface area is 75.6 Å². The average Bonchev–Trinajstić information content (AvgIpc) is 2.33. The van der Waals surface area contributed by atoms with Crippen molar-refractivity contribution in [2.24, 2.45) is 0 Å². The molecule has 1 nitrogen and oxygen atoms in total. The van der Waals surface area contributed by atoms with E-state index < -0.39 is 0 Å². The maximum absolute atomic E-state index is 3.20. The minimum absolute atomic E-state index is 0. The number of fused-ring (bicyclic) bond motifs is 1. The molecule has 0 aliphatic heterocycles. The Hall–Kier alpha value is -0.111. The Morgan fingerprint density at radius 2 is 2.00 bits per heavy atom. The number of hydrogen-bond donors (Lipinski definition) is 0. The van der Waals surface area contributed by atoms with E-state index in [9.17, 15) is 0 Å². The second-order valence-corrected chi connectivity index (χ2v) is 3.79. The Balaban J connectivity index is 0.000000500. The molecule has 0 bridgehead atoms. The third kappa shape index (κ3) is 1.31. The Bertz CT molecular complexity index is 288. The molecule has 0 amide bonds.